The van der Waals surface area contributed by atoms with Crippen LogP contribution in [0.3, 0.4) is 0 Å². The van der Waals surface area contributed by atoms with Gasteiger partial charge in [0.2, 0.25) is 5.91 Å². The van der Waals surface area contributed by atoms with E-state index in [1.807, 2.05) is 13.0 Å². The van der Waals surface area contributed by atoms with Gasteiger partial charge in [-0.1, -0.05) is 6.07 Å². The molecule has 2 N–H and O–H groups in total. The highest BCUT2D eigenvalue weighted by molar-refractivity contribution is 5.85. The summed E-state index contributed by atoms with van der Waals surface area (Å²) in [6, 6.07) is 6.40. The number of morpholine rings is 1. The first-order valence-corrected chi connectivity index (χ1v) is 8.29. The molecule has 0 aliphatic carbocycles. The molecule has 25 heavy (non-hydrogen) atoms. The molecule has 2 fully saturated rings. The van der Waals surface area contributed by atoms with Gasteiger partial charge in [-0.05, 0) is 38.0 Å². The fourth-order valence-corrected chi connectivity index (χ4v) is 3.32. The third kappa shape index (κ3) is 5.71. The first-order valence-electron chi connectivity index (χ1n) is 8.29. The van der Waals surface area contributed by atoms with Crippen molar-refractivity contribution in [3.05, 3.63) is 30.1 Å². The van der Waals surface area contributed by atoms with E-state index in [4.69, 9.17) is 4.74 Å². The van der Waals surface area contributed by atoms with Crippen molar-refractivity contribution in [3.63, 3.8) is 0 Å². The number of piperidine rings is 1. The Bertz CT molecular complexity index is 564. The molecular formula is C17H26Cl2FN3O2. The molecule has 1 aromatic rings. The van der Waals surface area contributed by atoms with Gasteiger partial charge < -0.3 is 20.3 Å². The van der Waals surface area contributed by atoms with Crippen LogP contribution in [0.25, 0.3) is 0 Å². The van der Waals surface area contributed by atoms with Crippen molar-refractivity contribution in [1.29, 1.82) is 0 Å². The molecule has 2 saturated heterocycles. The van der Waals surface area contributed by atoms with Crippen molar-refractivity contribution in [1.82, 2.24) is 10.6 Å². The summed E-state index contributed by atoms with van der Waals surface area (Å²) >= 11 is 0. The number of anilines is 1. The predicted octanol–water partition coefficient (Wildman–Crippen LogP) is 2.13. The molecule has 1 unspecified atom stereocenters. The Balaban J connectivity index is 0.00000156. The number of nitrogens with zero attached hydrogens (tertiary/aromatic N) is 1. The zero-order valence-corrected chi connectivity index (χ0v) is 15.9. The molecule has 2 aliphatic rings. The van der Waals surface area contributed by atoms with E-state index >= 15 is 0 Å². The van der Waals surface area contributed by atoms with Gasteiger partial charge in [0.25, 0.3) is 0 Å². The summed E-state index contributed by atoms with van der Waals surface area (Å²) in [5.41, 5.74) is 0.872. The SMILES string of the molecule is C[C@H]1OCCN[C@@H]1C(=O)NC1CCCN(c2cccc(F)c2)C1.Cl.Cl. The minimum atomic E-state index is -0.298. The molecule has 5 nitrogen and oxygen atoms in total. The number of benzene rings is 1. The van der Waals surface area contributed by atoms with E-state index in [2.05, 4.69) is 15.5 Å². The highest BCUT2D eigenvalue weighted by Crippen LogP contribution is 2.21. The Morgan fingerprint density at radius 2 is 2.20 bits per heavy atom. The Morgan fingerprint density at radius 1 is 1.40 bits per heavy atom. The van der Waals surface area contributed by atoms with Crippen LogP contribution in [0, 0.1) is 5.82 Å². The van der Waals surface area contributed by atoms with Crippen LogP contribution in [-0.2, 0) is 9.53 Å². The molecule has 0 saturated carbocycles. The lowest BCUT2D eigenvalue weighted by Crippen LogP contribution is -2.58. The van der Waals surface area contributed by atoms with Crippen LogP contribution in [0.4, 0.5) is 10.1 Å². The molecule has 0 aromatic heterocycles. The average Bonchev–Trinajstić information content (AvgIpc) is 2.55. The molecule has 142 valence electrons. The summed E-state index contributed by atoms with van der Waals surface area (Å²) in [7, 11) is 0. The smallest absolute Gasteiger partial charge is 0.240 e. The number of amides is 1. The third-order valence-electron chi connectivity index (χ3n) is 4.54. The van der Waals surface area contributed by atoms with Gasteiger partial charge in [-0.25, -0.2) is 4.39 Å². The number of nitrogens with one attached hydrogen (secondary N) is 2. The van der Waals surface area contributed by atoms with Crippen LogP contribution in [0.2, 0.25) is 0 Å². The number of hydrogen-bond donors (Lipinski definition) is 2. The highest BCUT2D eigenvalue weighted by Gasteiger charge is 2.30. The lowest BCUT2D eigenvalue weighted by Gasteiger charge is -2.36. The summed E-state index contributed by atoms with van der Waals surface area (Å²) in [5.74, 6) is -0.241. The molecule has 3 rings (SSSR count). The average molecular weight is 394 g/mol. The number of ether oxygens (including phenoxy) is 1. The van der Waals surface area contributed by atoms with Crippen LogP contribution < -0.4 is 15.5 Å². The summed E-state index contributed by atoms with van der Waals surface area (Å²) in [5, 5.41) is 6.32. The van der Waals surface area contributed by atoms with E-state index < -0.39 is 0 Å². The Kier molecular flexibility index (Phi) is 8.93. The Hall–Kier alpha value is -1.08. The van der Waals surface area contributed by atoms with E-state index in [9.17, 15) is 9.18 Å². The molecule has 0 bridgehead atoms. The maximum absolute atomic E-state index is 13.4. The zero-order chi connectivity index (χ0) is 16.2. The van der Waals surface area contributed by atoms with Gasteiger partial charge in [0.1, 0.15) is 11.9 Å². The highest BCUT2D eigenvalue weighted by atomic mass is 35.5. The number of carbonyl (C=O) groups excluding carboxylic acids is 1. The summed E-state index contributed by atoms with van der Waals surface area (Å²) < 4.78 is 18.9. The largest absolute Gasteiger partial charge is 0.375 e. The second kappa shape index (κ2) is 10.2. The maximum Gasteiger partial charge on any atom is 0.240 e. The van der Waals surface area contributed by atoms with Gasteiger partial charge in [0.05, 0.1) is 12.7 Å². The number of halogens is 3. The van der Waals surface area contributed by atoms with Crippen molar-refractivity contribution in [2.24, 2.45) is 0 Å². The van der Waals surface area contributed by atoms with Crippen LogP contribution in [0.1, 0.15) is 19.8 Å². The van der Waals surface area contributed by atoms with Crippen LogP contribution in [0.15, 0.2) is 24.3 Å². The van der Waals surface area contributed by atoms with Crippen molar-refractivity contribution in [3.8, 4) is 0 Å². The standard InChI is InChI=1S/C17H24FN3O2.2ClH/c1-12-16(19-7-9-23-12)17(22)20-14-5-3-8-21(11-14)15-6-2-4-13(18)10-15;;/h2,4,6,10,12,14,16,19H,3,5,7-9,11H2,1H3,(H,20,22);2*1H/t12-,14?,16+;;/m1../s1. The van der Waals surface area contributed by atoms with Crippen LogP contribution in [-0.4, -0.2) is 50.3 Å². The van der Waals surface area contributed by atoms with E-state index in [0.29, 0.717) is 19.7 Å². The first kappa shape index (κ1) is 22.0. The third-order valence-corrected chi connectivity index (χ3v) is 4.54. The van der Waals surface area contributed by atoms with Crippen molar-refractivity contribution in [2.75, 3.05) is 31.1 Å². The molecule has 3 atom stereocenters. The summed E-state index contributed by atoms with van der Waals surface area (Å²) in [4.78, 5) is 14.6. The fraction of sp³-hybridized carbons (Fsp3) is 0.588. The second-order valence-corrected chi connectivity index (χ2v) is 6.28. The lowest BCUT2D eigenvalue weighted by atomic mass is 10.0. The normalized spacial score (nSPS) is 26.2. The molecule has 2 heterocycles. The van der Waals surface area contributed by atoms with Crippen LogP contribution >= 0.6 is 24.8 Å². The number of carbonyl (C=O) groups is 1. The fourth-order valence-electron chi connectivity index (χ4n) is 3.32. The van der Waals surface area contributed by atoms with Crippen molar-refractivity contribution >= 4 is 36.4 Å². The van der Waals surface area contributed by atoms with Gasteiger partial charge in [0.15, 0.2) is 0 Å². The molecule has 0 spiro atoms. The Morgan fingerprint density at radius 3 is 2.92 bits per heavy atom. The molecule has 1 amide bonds. The van der Waals surface area contributed by atoms with Gasteiger partial charge in [-0.15, -0.1) is 24.8 Å². The summed E-state index contributed by atoms with van der Waals surface area (Å²) in [6.45, 7) is 4.84. The van der Waals surface area contributed by atoms with E-state index in [1.165, 1.54) is 6.07 Å². The molecule has 8 heteroatoms. The topological polar surface area (TPSA) is 53.6 Å². The van der Waals surface area contributed by atoms with Crippen LogP contribution in [0.5, 0.6) is 0 Å². The minimum Gasteiger partial charge on any atom is -0.375 e. The van der Waals surface area contributed by atoms with Gasteiger partial charge >= 0.3 is 0 Å². The molecule has 0 radical (unpaired) electrons. The maximum atomic E-state index is 13.4. The number of hydrogen-bond acceptors (Lipinski definition) is 4. The van der Waals surface area contributed by atoms with E-state index in [-0.39, 0.29) is 54.7 Å². The molecular weight excluding hydrogens is 368 g/mol. The molecule has 1 aromatic carbocycles. The minimum absolute atomic E-state index is 0. The Labute approximate surface area is 160 Å². The second-order valence-electron chi connectivity index (χ2n) is 6.28. The van der Waals surface area contributed by atoms with Gasteiger partial charge in [-0.3, -0.25) is 4.79 Å². The predicted molar refractivity (Wildman–Crippen MR) is 101 cm³/mol. The van der Waals surface area contributed by atoms with Crippen molar-refractivity contribution in [2.45, 2.75) is 38.0 Å². The number of rotatable bonds is 3. The van der Waals surface area contributed by atoms with Gasteiger partial charge in [0, 0.05) is 31.4 Å². The van der Waals surface area contributed by atoms with E-state index in [0.717, 1.165) is 25.1 Å². The molecule has 2 aliphatic heterocycles. The quantitative estimate of drug-likeness (QED) is 0.825. The monoisotopic (exact) mass is 393 g/mol. The summed E-state index contributed by atoms with van der Waals surface area (Å²) in [6.07, 6.45) is 1.80. The zero-order valence-electron chi connectivity index (χ0n) is 14.2. The van der Waals surface area contributed by atoms with Crippen molar-refractivity contribution < 1.29 is 13.9 Å². The van der Waals surface area contributed by atoms with E-state index in [1.54, 1.807) is 12.1 Å². The van der Waals surface area contributed by atoms with Gasteiger partial charge in [-0.2, -0.15) is 0 Å². The lowest BCUT2D eigenvalue weighted by molar-refractivity contribution is -0.129. The first-order chi connectivity index (χ1) is 11.1.